The SMILES string of the molecule is CC(C)(O)C(C)(C)O[B]c1ccc(-c2ccc(-c3cc(-c4ccc(-c5ccccc5)cc4)nc(-c4ccccc4)n3)cc2)cc1. The van der Waals surface area contributed by atoms with E-state index in [1.54, 1.807) is 21.3 Å². The molecule has 1 radical (unpaired) electrons. The van der Waals surface area contributed by atoms with Crippen LogP contribution in [0.2, 0.25) is 0 Å². The maximum atomic E-state index is 10.4. The fourth-order valence-corrected chi connectivity index (χ4v) is 4.87. The van der Waals surface area contributed by atoms with Gasteiger partial charge in [-0.15, -0.1) is 0 Å². The molecule has 0 saturated heterocycles. The number of hydrogen-bond donors (Lipinski definition) is 1. The molecule has 0 unspecified atom stereocenters. The zero-order valence-electron chi connectivity index (χ0n) is 26.1. The lowest BCUT2D eigenvalue weighted by molar-refractivity contribution is -0.0893. The zero-order chi connectivity index (χ0) is 31.4. The summed E-state index contributed by atoms with van der Waals surface area (Å²) in [7, 11) is 1.71. The molecule has 0 bridgehead atoms. The van der Waals surface area contributed by atoms with Crippen molar-refractivity contribution < 1.29 is 9.76 Å². The Morgan fingerprint density at radius 2 is 0.867 bits per heavy atom. The second kappa shape index (κ2) is 12.6. The van der Waals surface area contributed by atoms with Gasteiger partial charge in [0.15, 0.2) is 5.82 Å². The van der Waals surface area contributed by atoms with Gasteiger partial charge in [0.1, 0.15) is 0 Å². The third kappa shape index (κ3) is 6.96. The molecular formula is C40H36BN2O2. The molecule has 0 aliphatic carbocycles. The number of benzene rings is 5. The fourth-order valence-electron chi connectivity index (χ4n) is 4.87. The Bertz CT molecular complexity index is 1860. The first-order valence-electron chi connectivity index (χ1n) is 15.2. The van der Waals surface area contributed by atoms with Crippen molar-refractivity contribution >= 4 is 12.9 Å². The number of hydrogen-bond acceptors (Lipinski definition) is 4. The van der Waals surface area contributed by atoms with Gasteiger partial charge in [-0.1, -0.05) is 139 Å². The molecule has 0 aliphatic rings. The van der Waals surface area contributed by atoms with E-state index in [1.807, 2.05) is 62.4 Å². The van der Waals surface area contributed by atoms with Crippen molar-refractivity contribution in [3.63, 3.8) is 0 Å². The molecule has 0 amide bonds. The van der Waals surface area contributed by atoms with Crippen LogP contribution >= 0.6 is 0 Å². The molecule has 45 heavy (non-hydrogen) atoms. The average Bonchev–Trinajstić information content (AvgIpc) is 3.08. The van der Waals surface area contributed by atoms with Crippen LogP contribution in [-0.2, 0) is 4.65 Å². The standard InChI is InChI=1S/C40H36BN2O2/c1-39(2,44)40(3,4)45-41-35-25-23-31(24-26-35)30-17-21-33(22-18-30)37-27-36(42-38(43-37)34-13-9-6-10-14-34)32-19-15-29(16-20-32)28-11-7-5-8-12-28/h5-27,44H,1-4H3. The maximum Gasteiger partial charge on any atom is 0.330 e. The Labute approximate surface area is 266 Å². The van der Waals surface area contributed by atoms with E-state index < -0.39 is 11.2 Å². The number of aromatic nitrogens is 2. The Balaban J connectivity index is 1.26. The van der Waals surface area contributed by atoms with Crippen LogP contribution in [0.1, 0.15) is 27.7 Å². The zero-order valence-corrected chi connectivity index (χ0v) is 26.1. The van der Waals surface area contributed by atoms with Gasteiger partial charge in [0.05, 0.1) is 22.6 Å². The van der Waals surface area contributed by atoms with E-state index >= 15 is 0 Å². The van der Waals surface area contributed by atoms with Crippen LogP contribution in [0.3, 0.4) is 0 Å². The lowest BCUT2D eigenvalue weighted by atomic mass is 9.82. The van der Waals surface area contributed by atoms with Crippen LogP contribution in [0.4, 0.5) is 0 Å². The van der Waals surface area contributed by atoms with E-state index in [9.17, 15) is 5.11 Å². The summed E-state index contributed by atoms with van der Waals surface area (Å²) in [6.07, 6.45) is 0. The van der Waals surface area contributed by atoms with Crippen molar-refractivity contribution in [3.05, 3.63) is 140 Å². The van der Waals surface area contributed by atoms with Crippen LogP contribution < -0.4 is 5.46 Å². The predicted octanol–water partition coefficient (Wildman–Crippen LogP) is 8.62. The number of nitrogens with zero attached hydrogens (tertiary/aromatic N) is 2. The monoisotopic (exact) mass is 587 g/mol. The van der Waals surface area contributed by atoms with E-state index in [4.69, 9.17) is 14.6 Å². The second-order valence-electron chi connectivity index (χ2n) is 12.3. The summed E-state index contributed by atoms with van der Waals surface area (Å²) in [5.74, 6) is 0.695. The summed E-state index contributed by atoms with van der Waals surface area (Å²) in [6, 6.07) is 47.8. The molecule has 6 rings (SSSR count). The van der Waals surface area contributed by atoms with Crippen molar-refractivity contribution in [2.45, 2.75) is 38.9 Å². The van der Waals surface area contributed by atoms with Crippen molar-refractivity contribution in [2.75, 3.05) is 0 Å². The topological polar surface area (TPSA) is 55.2 Å². The first kappa shape index (κ1) is 30.2. The summed E-state index contributed by atoms with van der Waals surface area (Å²) in [5, 5.41) is 10.4. The number of rotatable bonds is 9. The molecular weight excluding hydrogens is 551 g/mol. The minimum atomic E-state index is -0.968. The van der Waals surface area contributed by atoms with Gasteiger partial charge in [-0.2, -0.15) is 0 Å². The van der Waals surface area contributed by atoms with E-state index in [0.717, 1.165) is 44.7 Å². The van der Waals surface area contributed by atoms with Crippen LogP contribution in [-0.4, -0.2) is 33.8 Å². The van der Waals surface area contributed by atoms with Crippen LogP contribution in [0.15, 0.2) is 140 Å². The lowest BCUT2D eigenvalue weighted by Gasteiger charge is -2.37. The van der Waals surface area contributed by atoms with Crippen LogP contribution in [0.25, 0.3) is 56.2 Å². The van der Waals surface area contributed by atoms with Gasteiger partial charge < -0.3 is 9.76 Å². The quantitative estimate of drug-likeness (QED) is 0.172. The highest BCUT2D eigenvalue weighted by atomic mass is 16.5. The molecule has 0 atom stereocenters. The second-order valence-corrected chi connectivity index (χ2v) is 12.3. The Morgan fingerprint density at radius 3 is 1.31 bits per heavy atom. The largest absolute Gasteiger partial charge is 0.427 e. The third-order valence-electron chi connectivity index (χ3n) is 8.43. The highest BCUT2D eigenvalue weighted by Crippen LogP contribution is 2.31. The molecule has 0 fully saturated rings. The molecule has 5 heteroatoms. The Kier molecular flexibility index (Phi) is 8.49. The van der Waals surface area contributed by atoms with Crippen molar-refractivity contribution in [3.8, 4) is 56.2 Å². The van der Waals surface area contributed by atoms with Gasteiger partial charge in [0.2, 0.25) is 0 Å². The van der Waals surface area contributed by atoms with Gasteiger partial charge in [0.25, 0.3) is 0 Å². The minimum absolute atomic E-state index is 0.695. The van der Waals surface area contributed by atoms with E-state index in [2.05, 4.69) is 91.0 Å². The van der Waals surface area contributed by atoms with E-state index in [0.29, 0.717) is 5.82 Å². The van der Waals surface area contributed by atoms with Crippen molar-refractivity contribution in [2.24, 2.45) is 0 Å². The summed E-state index contributed by atoms with van der Waals surface area (Å²) >= 11 is 0. The van der Waals surface area contributed by atoms with Gasteiger partial charge in [-0.3, -0.25) is 0 Å². The Hall–Kier alpha value is -4.84. The van der Waals surface area contributed by atoms with Crippen molar-refractivity contribution in [1.29, 1.82) is 0 Å². The molecule has 221 valence electrons. The summed E-state index contributed by atoms with van der Waals surface area (Å²) in [5.41, 5.74) is 8.61. The third-order valence-corrected chi connectivity index (χ3v) is 8.43. The van der Waals surface area contributed by atoms with Gasteiger partial charge in [-0.25, -0.2) is 9.97 Å². The molecule has 6 aromatic rings. The summed E-state index contributed by atoms with van der Waals surface area (Å²) in [4.78, 5) is 9.97. The highest BCUT2D eigenvalue weighted by molar-refractivity contribution is 6.47. The highest BCUT2D eigenvalue weighted by Gasteiger charge is 2.35. The molecule has 0 aliphatic heterocycles. The molecule has 4 nitrogen and oxygen atoms in total. The Morgan fingerprint density at radius 1 is 0.489 bits per heavy atom. The van der Waals surface area contributed by atoms with Gasteiger partial charge in [-0.05, 0) is 56.0 Å². The first-order chi connectivity index (χ1) is 21.7. The fraction of sp³-hybridized carbons (Fsp3) is 0.150. The normalized spacial score (nSPS) is 11.8. The molecule has 1 heterocycles. The minimum Gasteiger partial charge on any atom is -0.427 e. The first-order valence-corrected chi connectivity index (χ1v) is 15.2. The summed E-state index contributed by atoms with van der Waals surface area (Å²) < 4.78 is 5.91. The maximum absolute atomic E-state index is 10.4. The van der Waals surface area contributed by atoms with Crippen LogP contribution in [0, 0.1) is 0 Å². The predicted molar refractivity (Wildman–Crippen MR) is 186 cm³/mol. The van der Waals surface area contributed by atoms with Crippen LogP contribution in [0.5, 0.6) is 0 Å². The number of aliphatic hydroxyl groups is 1. The molecule has 0 saturated carbocycles. The lowest BCUT2D eigenvalue weighted by Crippen LogP contribution is -2.49. The average molecular weight is 588 g/mol. The summed E-state index contributed by atoms with van der Waals surface area (Å²) in [6.45, 7) is 7.26. The molecule has 1 aromatic heterocycles. The van der Waals surface area contributed by atoms with E-state index in [-0.39, 0.29) is 0 Å². The van der Waals surface area contributed by atoms with E-state index in [1.165, 1.54) is 11.1 Å². The van der Waals surface area contributed by atoms with Crippen molar-refractivity contribution in [1.82, 2.24) is 9.97 Å². The van der Waals surface area contributed by atoms with Gasteiger partial charge >= 0.3 is 7.48 Å². The van der Waals surface area contributed by atoms with Gasteiger partial charge in [0, 0.05) is 16.7 Å². The molecule has 0 spiro atoms. The molecule has 5 aromatic carbocycles. The smallest absolute Gasteiger partial charge is 0.330 e. The molecule has 1 N–H and O–H groups in total.